The Morgan fingerprint density at radius 3 is 1.65 bits per heavy atom. The molecule has 8 aromatic heterocycles. The molecule has 3 aliphatic rings. The van der Waals surface area contributed by atoms with Crippen LogP contribution < -0.4 is 10.6 Å². The molecule has 0 saturated carbocycles. The molecule has 18 rings (SSSR count). The molecule has 0 radical (unpaired) electrons. The number of ether oxygens (including phenoxy) is 1. The zero-order valence-corrected chi connectivity index (χ0v) is 80.4. The number of aromatic amines is 2. The Balaban J connectivity index is 0.000000177. The maximum atomic E-state index is 11.5. The third-order valence-electron chi connectivity index (χ3n) is 22.1. The molecule has 676 valence electrons. The van der Waals surface area contributed by atoms with Gasteiger partial charge in [0.25, 0.3) is 5.91 Å². The number of rotatable bonds is 0. The van der Waals surface area contributed by atoms with Crippen molar-refractivity contribution in [2.45, 2.75) is 283 Å². The van der Waals surface area contributed by atoms with Crippen LogP contribution in [-0.2, 0) is 85.9 Å². The summed E-state index contributed by atoms with van der Waals surface area (Å²) >= 11 is 1.71. The molecule has 11 heterocycles. The minimum absolute atomic E-state index is 0. The first kappa shape index (κ1) is 101. The Labute approximate surface area is 761 Å². The van der Waals surface area contributed by atoms with Crippen molar-refractivity contribution in [3.8, 4) is 0 Å². The van der Waals surface area contributed by atoms with E-state index in [9.17, 15) is 9.59 Å². The number of carbonyl (C=O) groups is 2. The summed E-state index contributed by atoms with van der Waals surface area (Å²) in [5, 5.41) is 35.2. The number of fused-ring (bicyclic) bond motifs is 9. The van der Waals surface area contributed by atoms with Crippen LogP contribution in [0.4, 0.5) is 4.79 Å². The van der Waals surface area contributed by atoms with Crippen molar-refractivity contribution < 1.29 is 18.8 Å². The van der Waals surface area contributed by atoms with Gasteiger partial charge in [-0.1, -0.05) is 316 Å². The first-order valence-electron chi connectivity index (χ1n) is 43.7. The predicted molar refractivity (Wildman–Crippen MR) is 533 cm³/mol. The van der Waals surface area contributed by atoms with Gasteiger partial charge < -0.3 is 24.8 Å². The summed E-state index contributed by atoms with van der Waals surface area (Å²) < 4.78 is 13.1. The van der Waals surface area contributed by atoms with Gasteiger partial charge in [-0.2, -0.15) is 15.3 Å². The van der Waals surface area contributed by atoms with Gasteiger partial charge in [-0.25, -0.2) is 24.3 Å². The van der Waals surface area contributed by atoms with E-state index in [1.165, 1.54) is 90.2 Å². The smallest absolute Gasteiger partial charge is 0.409 e. The molecule has 0 unspecified atom stereocenters. The highest BCUT2D eigenvalue weighted by Crippen LogP contribution is 2.35. The minimum Gasteiger partial charge on any atom is -0.453 e. The molecule has 4 N–H and O–H groups in total. The fourth-order valence-electron chi connectivity index (χ4n) is 14.3. The molecule has 0 saturated heterocycles. The summed E-state index contributed by atoms with van der Waals surface area (Å²) in [5.41, 5.74) is 25.7. The third-order valence-corrected chi connectivity index (χ3v) is 22.9. The molecule has 7 aromatic carbocycles. The van der Waals surface area contributed by atoms with E-state index in [1.807, 2.05) is 109 Å². The van der Waals surface area contributed by atoms with E-state index in [-0.39, 0.29) is 75.6 Å². The number of hydrogen-bond donors (Lipinski definition) is 4. The fraction of sp³-hybridized carbons (Fsp3) is 0.426. The van der Waals surface area contributed by atoms with Crippen LogP contribution in [0.3, 0.4) is 0 Å². The summed E-state index contributed by atoms with van der Waals surface area (Å²) in [7, 11) is 1.43. The fourth-order valence-corrected chi connectivity index (χ4v) is 15.0. The van der Waals surface area contributed by atoms with Crippen LogP contribution in [-0.4, -0.2) is 92.2 Å². The van der Waals surface area contributed by atoms with Crippen LogP contribution >= 0.6 is 11.3 Å². The Morgan fingerprint density at radius 1 is 0.472 bits per heavy atom. The van der Waals surface area contributed by atoms with Crippen LogP contribution in [0.15, 0.2) is 211 Å². The van der Waals surface area contributed by atoms with Crippen molar-refractivity contribution >= 4 is 82.9 Å². The Bertz CT molecular complexity index is 5850. The van der Waals surface area contributed by atoms with Crippen molar-refractivity contribution in [1.82, 2.24) is 70.6 Å². The highest BCUT2D eigenvalue weighted by atomic mass is 32.1. The Kier molecular flexibility index (Phi) is 33.2. The van der Waals surface area contributed by atoms with E-state index in [2.05, 4.69) is 339 Å². The second-order valence-corrected chi connectivity index (χ2v) is 42.8. The number of thiazole rings is 1. The molecular formula is C108H144N14O4S. The molecule has 0 fully saturated rings. The lowest BCUT2D eigenvalue weighted by Crippen LogP contribution is -2.36. The van der Waals surface area contributed by atoms with E-state index in [1.54, 1.807) is 26.9 Å². The Hall–Kier alpha value is -11.3. The molecule has 2 amide bonds. The second-order valence-electron chi connectivity index (χ2n) is 41.9. The van der Waals surface area contributed by atoms with Crippen LogP contribution in [0, 0.1) is 0 Å². The number of pyridine rings is 3. The minimum atomic E-state index is -0.236. The van der Waals surface area contributed by atoms with Gasteiger partial charge in [0.1, 0.15) is 0 Å². The normalized spacial score (nSPS) is 13.2. The van der Waals surface area contributed by atoms with Gasteiger partial charge in [-0.3, -0.25) is 20.0 Å². The van der Waals surface area contributed by atoms with E-state index in [0.29, 0.717) is 13.1 Å². The summed E-state index contributed by atoms with van der Waals surface area (Å²) in [6, 6.07) is 60.9. The zero-order valence-electron chi connectivity index (χ0n) is 79.6. The van der Waals surface area contributed by atoms with Crippen molar-refractivity contribution in [2.24, 2.45) is 0 Å². The maximum Gasteiger partial charge on any atom is 0.409 e. The molecule has 0 aliphatic carbocycles. The molecule has 0 atom stereocenters. The van der Waals surface area contributed by atoms with E-state index in [4.69, 9.17) is 9.26 Å². The van der Waals surface area contributed by atoms with Crippen LogP contribution in [0.25, 0.3) is 59.5 Å². The average molecular weight is 1730 g/mol. The number of aromatic nitrogens is 11. The van der Waals surface area contributed by atoms with Gasteiger partial charge in [-0.15, -0.1) is 11.3 Å². The van der Waals surface area contributed by atoms with E-state index < -0.39 is 0 Å². The van der Waals surface area contributed by atoms with Gasteiger partial charge in [0, 0.05) is 105 Å². The lowest BCUT2D eigenvalue weighted by Gasteiger charge is -2.29. The molecule has 19 heteroatoms. The summed E-state index contributed by atoms with van der Waals surface area (Å²) in [4.78, 5) is 41.7. The topological polar surface area (TPSA) is 223 Å². The number of nitrogens with zero attached hydrogens (tertiary/aromatic N) is 10. The summed E-state index contributed by atoms with van der Waals surface area (Å²) in [6.07, 6.45) is 9.28. The van der Waals surface area contributed by atoms with Gasteiger partial charge in [0.15, 0.2) is 22.7 Å². The average Bonchev–Trinajstić information content (AvgIpc) is 1.71. The lowest BCUT2D eigenvalue weighted by molar-refractivity contribution is 0.0965. The number of methoxy groups -OCH3 is 1. The predicted octanol–water partition coefficient (Wildman–Crippen LogP) is 26.6. The summed E-state index contributed by atoms with van der Waals surface area (Å²) in [5.74, 6) is 0.949. The van der Waals surface area contributed by atoms with E-state index in [0.717, 1.165) is 93.1 Å². The van der Waals surface area contributed by atoms with Crippen molar-refractivity contribution in [1.29, 1.82) is 0 Å². The van der Waals surface area contributed by atoms with Gasteiger partial charge in [-0.05, 0) is 174 Å². The molecule has 0 bridgehead atoms. The zero-order chi connectivity index (χ0) is 91.4. The Morgan fingerprint density at radius 2 is 1.02 bits per heavy atom. The first-order valence-corrected chi connectivity index (χ1v) is 44.6. The number of nitrogens with one attached hydrogen (secondary N) is 4. The number of hydrogen-bond acceptors (Lipinski definition) is 14. The molecule has 0 spiro atoms. The quantitative estimate of drug-likeness (QED) is 0.111. The molecule has 3 aliphatic heterocycles. The van der Waals surface area contributed by atoms with Crippen LogP contribution in [0.2, 0.25) is 0 Å². The largest absolute Gasteiger partial charge is 0.453 e. The van der Waals surface area contributed by atoms with Crippen LogP contribution in [0.1, 0.15) is 291 Å². The van der Waals surface area contributed by atoms with E-state index >= 15 is 0 Å². The van der Waals surface area contributed by atoms with Gasteiger partial charge in [0.05, 0.1) is 39.7 Å². The van der Waals surface area contributed by atoms with Gasteiger partial charge in [0.2, 0.25) is 0 Å². The highest BCUT2D eigenvalue weighted by Gasteiger charge is 2.28. The highest BCUT2D eigenvalue weighted by molar-refractivity contribution is 7.16. The standard InChI is InChI=1S/C15H21NO2.C13H19N.C13H15N.C12H15NO.C11H14N2.C11H13NO.C11H13NS.2C10H13N3.2CH4/c1-15(2,3)13-6-5-12-10-16(14(17)18-4)8-7-11(12)9-13;2*1-13(2,3)12-5-4-11-9-14-7-6-10(11)8-12;1-12(2,3)9-5-4-8-7-13-11(14)10(8)6-9;1-11(2,3)10-8-6-4-5-7-9(8)12-13-10;1-11(2,3)10-8-6-4-5-7-9(8)13-12-10;1-11(2,3)8-4-5-9-10(6-8)13-7-12-9;1-10(2,3)8-7-5-4-6-11-9(7)13-12-8;1-10(2,3)9-11-8-6-4-5-7-13(8)12-9;;/h5-6,9H,7-8,10H2,1-4H3;4-5,8,14H,6-7,9H2,1-3H3;4-9H,1-3H3;4-6H,7H2,1-3H3,(H,13,14);4-7H,1-3H3,(H,12,13);2*4-7H,1-3H3;4-6H,1-3H3,(H,11,12,13);4-7H,1-3H3;2*1H4. The molecular weight excluding hydrogens is 1590 g/mol. The first-order chi connectivity index (χ1) is 58.4. The lowest BCUT2D eigenvalue weighted by atomic mass is 9.84. The third kappa shape index (κ3) is 27.4. The monoisotopic (exact) mass is 1730 g/mol. The van der Waals surface area contributed by atoms with Crippen LogP contribution in [0.5, 0.6) is 0 Å². The second kappa shape index (κ2) is 41.7. The number of amides is 2. The number of H-pyrrole nitrogens is 2. The van der Waals surface area contributed by atoms with Crippen molar-refractivity contribution in [3.63, 3.8) is 0 Å². The summed E-state index contributed by atoms with van der Waals surface area (Å²) in [6.45, 7) is 63.4. The van der Waals surface area contributed by atoms with Gasteiger partial charge >= 0.3 is 6.09 Å². The SMILES string of the molecule is C.C.CC(C)(C)c1[nH]nc2ccccc12.CC(C)(C)c1[nH]nc2ncccc12.CC(C)(C)c1ccc2c(c1)C(=O)NC2.CC(C)(C)c1ccc2c(c1)CCNC2.CC(C)(C)c1ccc2cnccc2c1.CC(C)(C)c1ccc2ncsc2c1.CC(C)(C)c1nc2ccccn2n1.CC(C)(C)c1noc2ccccc12.COC(=O)N1CCc2cc(C(C)(C)C)ccc2C1. The molecule has 18 nitrogen and oxygen atoms in total. The number of benzene rings is 7. The number of carbonyl (C=O) groups excluding carboxylic acids is 2. The van der Waals surface area contributed by atoms with Crippen molar-refractivity contribution in [2.75, 3.05) is 20.2 Å². The van der Waals surface area contributed by atoms with Crippen molar-refractivity contribution in [3.05, 3.63) is 290 Å². The molecule has 15 aromatic rings. The maximum absolute atomic E-state index is 11.5. The molecule has 127 heavy (non-hydrogen) atoms. The number of para-hydroxylation sites is 2.